The molecule has 0 spiro atoms. The standard InChI is InChI=1S/C40H35ClFN7O5/c1-43-35-29(42)14-31(48(4)40(52)54-21-41)25-13-30-34(33(25)35)36(49-11-10-23-17-46(2)19-32(23)49)27(16-44-30)24-12-26-37(50)28(18-47(3)38(26)45-15-24)39(51)53-20-22-8-6-5-7-9-22/h5-9,12,14-16,18,23,32H,10-11,13,17,19-21H2,2-4H3/t23-,32+/m0/s1. The molecule has 2 fully saturated rings. The summed E-state index contributed by atoms with van der Waals surface area (Å²) < 4.78 is 28.1. The Morgan fingerprint density at radius 3 is 2.65 bits per heavy atom. The van der Waals surface area contributed by atoms with Crippen LogP contribution in [0.4, 0.5) is 26.2 Å². The van der Waals surface area contributed by atoms with E-state index in [0.717, 1.165) is 30.8 Å². The summed E-state index contributed by atoms with van der Waals surface area (Å²) in [7, 11) is 5.26. The summed E-state index contributed by atoms with van der Waals surface area (Å²) in [5.41, 5.74) is 4.72. The summed E-state index contributed by atoms with van der Waals surface area (Å²) in [4.78, 5) is 59.1. The number of carbonyl (C=O) groups excluding carboxylic acids is 2. The molecule has 12 nitrogen and oxygen atoms in total. The molecule has 0 N–H and O–H groups in total. The highest BCUT2D eigenvalue weighted by molar-refractivity contribution is 6.17. The quantitative estimate of drug-likeness (QED) is 0.102. The summed E-state index contributed by atoms with van der Waals surface area (Å²) in [5, 5.41) is 0.213. The molecule has 54 heavy (non-hydrogen) atoms. The first-order chi connectivity index (χ1) is 26.1. The first kappa shape index (κ1) is 35.2. The fourth-order valence-electron chi connectivity index (χ4n) is 8.29. The van der Waals surface area contributed by atoms with Gasteiger partial charge < -0.3 is 23.8 Å². The number of anilines is 2. The molecule has 3 aromatic heterocycles. The highest BCUT2D eigenvalue weighted by Gasteiger charge is 2.44. The van der Waals surface area contributed by atoms with Gasteiger partial charge in [0.2, 0.25) is 11.1 Å². The van der Waals surface area contributed by atoms with Gasteiger partial charge in [-0.3, -0.25) is 14.7 Å². The molecule has 0 unspecified atom stereocenters. The van der Waals surface area contributed by atoms with Gasteiger partial charge in [-0.05, 0) is 42.6 Å². The van der Waals surface area contributed by atoms with Crippen LogP contribution in [0.3, 0.4) is 0 Å². The molecule has 2 saturated heterocycles. The van der Waals surface area contributed by atoms with Gasteiger partial charge in [-0.2, -0.15) is 0 Å². The second kappa shape index (κ2) is 13.9. The molecule has 274 valence electrons. The van der Waals surface area contributed by atoms with Crippen molar-refractivity contribution >= 4 is 51.8 Å². The molecule has 3 aliphatic rings. The van der Waals surface area contributed by atoms with Crippen LogP contribution in [-0.2, 0) is 29.5 Å². The summed E-state index contributed by atoms with van der Waals surface area (Å²) in [6.45, 7) is 10.5. The van der Waals surface area contributed by atoms with Crippen molar-refractivity contribution in [2.24, 2.45) is 13.0 Å². The third-order valence-electron chi connectivity index (χ3n) is 10.8. The molecule has 1 amide bonds. The van der Waals surface area contributed by atoms with Crippen molar-refractivity contribution in [1.82, 2.24) is 19.4 Å². The number of rotatable bonds is 7. The van der Waals surface area contributed by atoms with E-state index in [4.69, 9.17) is 37.6 Å². The van der Waals surface area contributed by atoms with Crippen molar-refractivity contribution in [2.75, 3.05) is 49.6 Å². The minimum Gasteiger partial charge on any atom is -0.457 e. The molecule has 5 heterocycles. The highest BCUT2D eigenvalue weighted by Crippen LogP contribution is 2.55. The Morgan fingerprint density at radius 2 is 1.89 bits per heavy atom. The number of benzene rings is 2. The average molecular weight is 748 g/mol. The zero-order valence-electron chi connectivity index (χ0n) is 29.8. The first-order valence-corrected chi connectivity index (χ1v) is 18.0. The fourth-order valence-corrected chi connectivity index (χ4v) is 8.38. The Labute approximate surface area is 315 Å². The molecule has 0 saturated carbocycles. The molecule has 1 aliphatic carbocycles. The second-order valence-corrected chi connectivity index (χ2v) is 14.2. The Kier molecular flexibility index (Phi) is 9.03. The van der Waals surface area contributed by atoms with Gasteiger partial charge in [0, 0.05) is 87.0 Å². The van der Waals surface area contributed by atoms with Gasteiger partial charge in [-0.25, -0.2) is 23.8 Å². The van der Waals surface area contributed by atoms with Crippen LogP contribution in [-0.4, -0.2) is 77.3 Å². The van der Waals surface area contributed by atoms with Crippen LogP contribution in [0.5, 0.6) is 0 Å². The van der Waals surface area contributed by atoms with Gasteiger partial charge >= 0.3 is 12.1 Å². The number of hydrogen-bond donors (Lipinski definition) is 0. The number of amides is 1. The van der Waals surface area contributed by atoms with E-state index in [2.05, 4.69) is 21.7 Å². The Morgan fingerprint density at radius 1 is 1.09 bits per heavy atom. The van der Waals surface area contributed by atoms with E-state index in [-0.39, 0.29) is 47.5 Å². The van der Waals surface area contributed by atoms with Crippen LogP contribution in [0.1, 0.15) is 33.6 Å². The number of ether oxygens (including phenoxy) is 2. The lowest BCUT2D eigenvalue weighted by molar-refractivity contribution is 0.0470. The van der Waals surface area contributed by atoms with Crippen LogP contribution in [0.15, 0.2) is 65.8 Å². The van der Waals surface area contributed by atoms with E-state index in [1.165, 1.54) is 24.2 Å². The third-order valence-corrected chi connectivity index (χ3v) is 10.9. The minimum atomic E-state index is -0.782. The number of nitrogens with zero attached hydrogens (tertiary/aromatic N) is 7. The number of fused-ring (bicyclic) bond motifs is 5. The van der Waals surface area contributed by atoms with Crippen molar-refractivity contribution in [3.05, 3.63) is 111 Å². The van der Waals surface area contributed by atoms with Crippen molar-refractivity contribution in [1.29, 1.82) is 0 Å². The maximum absolute atomic E-state index is 16.0. The number of hydrogen-bond acceptors (Lipinski definition) is 9. The number of aryl methyl sites for hydroxylation is 1. The molecule has 2 aliphatic heterocycles. The number of alkyl halides is 1. The number of likely N-dealkylation sites (N-methyl/N-ethyl adjacent to an activating group) is 1. The number of aromatic nitrogens is 3. The predicted molar refractivity (Wildman–Crippen MR) is 203 cm³/mol. The highest BCUT2D eigenvalue weighted by atomic mass is 35.5. The van der Waals surface area contributed by atoms with E-state index in [0.29, 0.717) is 51.6 Å². The normalized spacial score (nSPS) is 17.2. The molecule has 2 aromatic carbocycles. The first-order valence-electron chi connectivity index (χ1n) is 17.5. The topological polar surface area (TPSA) is 114 Å². The smallest absolute Gasteiger partial charge is 0.415 e. The Balaban J connectivity index is 1.31. The van der Waals surface area contributed by atoms with E-state index in [1.54, 1.807) is 30.1 Å². The lowest BCUT2D eigenvalue weighted by Crippen LogP contribution is -2.35. The zero-order chi connectivity index (χ0) is 37.8. The van der Waals surface area contributed by atoms with E-state index in [9.17, 15) is 14.4 Å². The average Bonchev–Trinajstić information content (AvgIpc) is 3.87. The fraction of sp³-hybridized carbons (Fsp3) is 0.300. The van der Waals surface area contributed by atoms with Crippen LogP contribution >= 0.6 is 11.6 Å². The number of halogens is 2. The van der Waals surface area contributed by atoms with Crippen molar-refractivity contribution in [3.63, 3.8) is 0 Å². The summed E-state index contributed by atoms with van der Waals surface area (Å²) in [6.07, 6.45) is 5.23. The zero-order valence-corrected chi connectivity index (χ0v) is 30.6. The van der Waals surface area contributed by atoms with Crippen LogP contribution < -0.4 is 15.2 Å². The van der Waals surface area contributed by atoms with E-state index >= 15 is 4.39 Å². The van der Waals surface area contributed by atoms with Gasteiger partial charge in [0.1, 0.15) is 23.6 Å². The van der Waals surface area contributed by atoms with Crippen LogP contribution in [0.25, 0.3) is 38.1 Å². The van der Waals surface area contributed by atoms with Crippen molar-refractivity contribution in [3.8, 4) is 22.3 Å². The predicted octanol–water partition coefficient (Wildman–Crippen LogP) is 6.52. The van der Waals surface area contributed by atoms with Crippen molar-refractivity contribution < 1.29 is 23.5 Å². The molecule has 0 bridgehead atoms. The Hall–Kier alpha value is -5.84. The summed E-state index contributed by atoms with van der Waals surface area (Å²) in [6, 6.07) is 11.8. The summed E-state index contributed by atoms with van der Waals surface area (Å²) >= 11 is 5.69. The van der Waals surface area contributed by atoms with Gasteiger partial charge in [0.05, 0.1) is 29.0 Å². The maximum Gasteiger partial charge on any atom is 0.415 e. The number of likely N-dealkylation sites (tertiary alicyclic amines) is 1. The Bertz CT molecular complexity index is 2470. The summed E-state index contributed by atoms with van der Waals surface area (Å²) in [5.74, 6) is -1.14. The SMILES string of the molecule is [C-]#[N+]c1c(F)cc(N(C)C(=O)OCCl)c2c1-c1c(ncc(-c3cnc4c(c3)c(=O)c(C(=O)OCc3ccccc3)cn4C)c1N1CC[C@H]3CN(C)C[C@H]31)C2. The number of carbonyl (C=O) groups is 2. The van der Waals surface area contributed by atoms with Gasteiger partial charge in [0.25, 0.3) is 0 Å². The van der Waals surface area contributed by atoms with E-state index < -0.39 is 23.3 Å². The largest absolute Gasteiger partial charge is 0.457 e. The number of pyridine rings is 3. The van der Waals surface area contributed by atoms with E-state index in [1.807, 2.05) is 30.3 Å². The monoisotopic (exact) mass is 747 g/mol. The molecular formula is C40H35ClFN7O5. The third kappa shape index (κ3) is 5.82. The lowest BCUT2D eigenvalue weighted by Gasteiger charge is -2.31. The van der Waals surface area contributed by atoms with Crippen LogP contribution in [0, 0.1) is 18.3 Å². The second-order valence-electron chi connectivity index (χ2n) is 14.0. The molecule has 5 aromatic rings. The van der Waals surface area contributed by atoms with Gasteiger partial charge in [-0.15, -0.1) is 0 Å². The molecule has 8 rings (SSSR count). The molecular weight excluding hydrogens is 713 g/mol. The molecule has 14 heteroatoms. The molecule has 2 atom stereocenters. The van der Waals surface area contributed by atoms with Crippen LogP contribution in [0.2, 0.25) is 0 Å². The van der Waals surface area contributed by atoms with Gasteiger partial charge in [-0.1, -0.05) is 41.9 Å². The molecule has 0 radical (unpaired) electrons. The minimum absolute atomic E-state index is 0.0105. The number of esters is 1. The van der Waals surface area contributed by atoms with Gasteiger partial charge in [0.15, 0.2) is 6.07 Å². The van der Waals surface area contributed by atoms with Crippen molar-refractivity contribution in [2.45, 2.75) is 25.5 Å². The lowest BCUT2D eigenvalue weighted by atomic mass is 9.95. The maximum atomic E-state index is 16.0.